The van der Waals surface area contributed by atoms with E-state index in [2.05, 4.69) is 12.6 Å². The zero-order valence-corrected chi connectivity index (χ0v) is 5.67. The number of hydrogen-bond acceptors (Lipinski definition) is 1. The number of allylic oxidation sites excluding steroid dienone is 1. The van der Waals surface area contributed by atoms with Crippen molar-refractivity contribution >= 4 is 0 Å². The van der Waals surface area contributed by atoms with Gasteiger partial charge < -0.3 is 0 Å². The highest BCUT2D eigenvalue weighted by Gasteiger charge is 2.27. The molecule has 0 spiro atoms. The van der Waals surface area contributed by atoms with Gasteiger partial charge in [-0.25, -0.2) is 0 Å². The normalized spacial score (nSPS) is 20.7. The Hall–Kier alpha value is -0.770. The van der Waals surface area contributed by atoms with Crippen LogP contribution in [0.2, 0.25) is 0 Å². The van der Waals surface area contributed by atoms with Crippen LogP contribution in [0.4, 0.5) is 0 Å². The van der Waals surface area contributed by atoms with Crippen LogP contribution in [-0.2, 0) is 0 Å². The standard InChI is InChI=1S/C9H8N/c1-2-4-8-5-3-6-9(8)7-10/h2-3,5-6H,1,4H2. The molecule has 0 aromatic rings. The lowest BCUT2D eigenvalue weighted by Crippen LogP contribution is -1.99. The first-order valence-electron chi connectivity index (χ1n) is 3.14. The summed E-state index contributed by atoms with van der Waals surface area (Å²) < 4.78 is 0. The van der Waals surface area contributed by atoms with Crippen molar-refractivity contribution in [2.45, 2.75) is 6.42 Å². The molecule has 1 aliphatic rings. The molecule has 1 nitrogen and oxygen atoms in total. The van der Waals surface area contributed by atoms with E-state index in [0.29, 0.717) is 0 Å². The maximum atomic E-state index is 8.55. The highest BCUT2D eigenvalue weighted by molar-refractivity contribution is 5.51. The molecule has 1 heteroatoms. The van der Waals surface area contributed by atoms with Gasteiger partial charge in [0.25, 0.3) is 0 Å². The Labute approximate surface area is 62.4 Å². The number of hydrogen-bond donors (Lipinski definition) is 0. The minimum absolute atomic E-state index is 0.764. The fourth-order valence-corrected chi connectivity index (χ4v) is 0.900. The Morgan fingerprint density at radius 1 is 1.60 bits per heavy atom. The van der Waals surface area contributed by atoms with Crippen molar-refractivity contribution in [3.05, 3.63) is 43.8 Å². The summed E-state index contributed by atoms with van der Waals surface area (Å²) in [5, 5.41) is 8.55. The summed E-state index contributed by atoms with van der Waals surface area (Å²) in [6.07, 6.45) is 8.24. The van der Waals surface area contributed by atoms with E-state index >= 15 is 0 Å². The van der Waals surface area contributed by atoms with E-state index in [9.17, 15) is 0 Å². The molecule has 0 aliphatic heterocycles. The zero-order valence-electron chi connectivity index (χ0n) is 5.67. The molecule has 10 heavy (non-hydrogen) atoms. The van der Waals surface area contributed by atoms with Gasteiger partial charge in [0, 0.05) is 5.92 Å². The molecule has 0 atom stereocenters. The van der Waals surface area contributed by atoms with E-state index in [1.165, 1.54) is 0 Å². The lowest BCUT2D eigenvalue weighted by atomic mass is 9.94. The van der Waals surface area contributed by atoms with Gasteiger partial charge in [-0.15, -0.1) is 6.58 Å². The van der Waals surface area contributed by atoms with Crippen LogP contribution < -0.4 is 0 Å². The van der Waals surface area contributed by atoms with Gasteiger partial charge in [0.2, 0.25) is 0 Å². The molecule has 0 bridgehead atoms. The van der Waals surface area contributed by atoms with E-state index in [1.54, 1.807) is 6.08 Å². The molecule has 0 aromatic heterocycles. The monoisotopic (exact) mass is 130 g/mol. The molecular weight excluding hydrogens is 122 g/mol. The van der Waals surface area contributed by atoms with E-state index < -0.39 is 0 Å². The second-order valence-electron chi connectivity index (χ2n) is 2.07. The van der Waals surface area contributed by atoms with Gasteiger partial charge in [-0.3, -0.25) is 0 Å². The number of nitriles is 1. The van der Waals surface area contributed by atoms with Crippen molar-refractivity contribution in [3.8, 4) is 6.07 Å². The molecule has 49 valence electrons. The third kappa shape index (κ3) is 1.39. The van der Waals surface area contributed by atoms with E-state index in [0.717, 1.165) is 18.3 Å². The number of nitrogens with zero attached hydrogens (tertiary/aromatic N) is 1. The fraction of sp³-hybridized carbons (Fsp3) is 0.111. The van der Waals surface area contributed by atoms with Gasteiger partial charge >= 0.3 is 0 Å². The molecule has 0 N–H and O–H groups in total. The maximum absolute atomic E-state index is 8.55. The summed E-state index contributed by atoms with van der Waals surface area (Å²) in [6.45, 7) is 3.60. The van der Waals surface area contributed by atoms with Gasteiger partial charge in [-0.05, 0) is 25.7 Å². The largest absolute Gasteiger partial charge is 0.198 e. The summed E-state index contributed by atoms with van der Waals surface area (Å²) in [6, 6.07) is 2.11. The molecule has 1 aliphatic carbocycles. The minimum atomic E-state index is 0.764. The predicted molar refractivity (Wildman–Crippen MR) is 39.8 cm³/mol. The van der Waals surface area contributed by atoms with Gasteiger partial charge in [0.05, 0.1) is 12.0 Å². The Morgan fingerprint density at radius 3 is 3.00 bits per heavy atom. The Balaban J connectivity index is 2.43. The smallest absolute Gasteiger partial charge is 0.0870 e. The van der Waals surface area contributed by atoms with Gasteiger partial charge in [0.1, 0.15) is 0 Å². The maximum Gasteiger partial charge on any atom is 0.0870 e. The topological polar surface area (TPSA) is 23.8 Å². The molecule has 0 amide bonds. The molecule has 5 radical (unpaired) electrons. The molecule has 0 heterocycles. The van der Waals surface area contributed by atoms with Crippen LogP contribution in [0.5, 0.6) is 0 Å². The lowest BCUT2D eigenvalue weighted by molar-refractivity contribution is 1.04. The fourth-order valence-electron chi connectivity index (χ4n) is 0.900. The van der Waals surface area contributed by atoms with E-state index in [-0.39, 0.29) is 0 Å². The summed E-state index contributed by atoms with van der Waals surface area (Å²) >= 11 is 0. The lowest BCUT2D eigenvalue weighted by Gasteiger charge is -2.06. The Bertz CT molecular complexity index is 155. The molecule has 1 rings (SSSR count). The molecule has 1 saturated carbocycles. The van der Waals surface area contributed by atoms with Crippen LogP contribution in [0.25, 0.3) is 0 Å². The second-order valence-corrected chi connectivity index (χ2v) is 2.07. The second kappa shape index (κ2) is 3.41. The molecule has 0 unspecified atom stereocenters. The van der Waals surface area contributed by atoms with Gasteiger partial charge in [0.15, 0.2) is 0 Å². The first-order valence-corrected chi connectivity index (χ1v) is 3.14. The quantitative estimate of drug-likeness (QED) is 0.523. The molecular formula is C9H8N. The SMILES string of the molecule is C=CC[C]1[CH][CH][CH][C]1C#N. The molecule has 0 aromatic carbocycles. The highest BCUT2D eigenvalue weighted by atomic mass is 14.3. The van der Waals surface area contributed by atoms with Crippen LogP contribution in [0.1, 0.15) is 6.42 Å². The number of rotatable bonds is 2. The van der Waals surface area contributed by atoms with Crippen molar-refractivity contribution < 1.29 is 0 Å². The van der Waals surface area contributed by atoms with Gasteiger partial charge in [-0.1, -0.05) is 6.08 Å². The minimum Gasteiger partial charge on any atom is -0.198 e. The van der Waals surface area contributed by atoms with E-state index in [4.69, 9.17) is 5.26 Å². The summed E-state index contributed by atoms with van der Waals surface area (Å²) in [4.78, 5) is 0. The van der Waals surface area contributed by atoms with Crippen molar-refractivity contribution in [2.75, 3.05) is 0 Å². The van der Waals surface area contributed by atoms with E-state index in [1.807, 2.05) is 19.3 Å². The summed E-state index contributed by atoms with van der Waals surface area (Å²) in [5.41, 5.74) is 0. The average Bonchev–Trinajstić information content (AvgIpc) is 2.36. The Morgan fingerprint density at radius 2 is 2.40 bits per heavy atom. The van der Waals surface area contributed by atoms with Crippen molar-refractivity contribution in [3.63, 3.8) is 0 Å². The van der Waals surface area contributed by atoms with Crippen molar-refractivity contribution in [1.82, 2.24) is 0 Å². The van der Waals surface area contributed by atoms with Crippen LogP contribution in [0, 0.1) is 42.4 Å². The summed E-state index contributed by atoms with van der Waals surface area (Å²) in [7, 11) is 0. The predicted octanol–water partition coefficient (Wildman–Crippen LogP) is 1.86. The third-order valence-corrected chi connectivity index (χ3v) is 1.39. The van der Waals surface area contributed by atoms with Crippen LogP contribution in [-0.4, -0.2) is 0 Å². The third-order valence-electron chi connectivity index (χ3n) is 1.39. The van der Waals surface area contributed by atoms with Crippen LogP contribution in [0.15, 0.2) is 12.7 Å². The molecule has 0 saturated heterocycles. The van der Waals surface area contributed by atoms with Crippen molar-refractivity contribution in [1.29, 1.82) is 5.26 Å². The first-order chi connectivity index (χ1) is 4.88. The summed E-state index contributed by atoms with van der Waals surface area (Å²) in [5.74, 6) is 1.83. The van der Waals surface area contributed by atoms with Crippen molar-refractivity contribution in [2.24, 2.45) is 0 Å². The zero-order chi connectivity index (χ0) is 7.40. The van der Waals surface area contributed by atoms with Gasteiger partial charge in [-0.2, -0.15) is 5.26 Å². The molecule has 1 fully saturated rings. The van der Waals surface area contributed by atoms with Crippen LogP contribution in [0.3, 0.4) is 0 Å². The van der Waals surface area contributed by atoms with Crippen LogP contribution >= 0.6 is 0 Å². The first kappa shape index (κ1) is 7.34. The Kier molecular flexibility index (Phi) is 2.50. The highest BCUT2D eigenvalue weighted by Crippen LogP contribution is 2.34. The average molecular weight is 130 g/mol.